The average molecular weight is 459 g/mol. The summed E-state index contributed by atoms with van der Waals surface area (Å²) in [5.74, 6) is 0.490. The number of hydrogen-bond donors (Lipinski definition) is 2. The lowest BCUT2D eigenvalue weighted by molar-refractivity contribution is 0.0979. The van der Waals surface area contributed by atoms with Gasteiger partial charge in [0.2, 0.25) is 4.96 Å². The maximum absolute atomic E-state index is 12.9. The summed E-state index contributed by atoms with van der Waals surface area (Å²) in [5.41, 5.74) is 3.31. The summed E-state index contributed by atoms with van der Waals surface area (Å²) < 4.78 is 1.73. The minimum Gasteiger partial charge on any atom is -0.332 e. The lowest BCUT2D eigenvalue weighted by Crippen LogP contribution is -2.34. The van der Waals surface area contributed by atoms with Gasteiger partial charge in [-0.3, -0.25) is 10.1 Å². The predicted octanol–water partition coefficient (Wildman–Crippen LogP) is 4.75. The van der Waals surface area contributed by atoms with Gasteiger partial charge in [0.05, 0.1) is 0 Å². The first-order chi connectivity index (χ1) is 15.5. The molecule has 32 heavy (non-hydrogen) atoms. The number of benzene rings is 3. The van der Waals surface area contributed by atoms with E-state index in [1.54, 1.807) is 10.6 Å². The number of amides is 1. The summed E-state index contributed by atoms with van der Waals surface area (Å²) in [6, 6.07) is 19.2. The summed E-state index contributed by atoms with van der Waals surface area (Å²) in [6.45, 7) is 3.85. The molecule has 0 spiro atoms. The lowest BCUT2D eigenvalue weighted by atomic mass is 10.0. The zero-order valence-electron chi connectivity index (χ0n) is 17.3. The number of carbonyl (C=O) groups is 1. The highest BCUT2D eigenvalue weighted by atomic mass is 32.1. The standard InChI is InChI=1S/C23H18N6OS2/c1-13-16(21-28-29-14(2)26-27-23(29)32-21)10-6-12-19(13)24-22(31)25-20(30)18-11-5-8-15-7-3-4-9-17(15)18/h3-12H,1-2H3,(H2,24,25,30,31). The summed E-state index contributed by atoms with van der Waals surface area (Å²) in [7, 11) is 0. The largest absolute Gasteiger partial charge is 0.332 e. The van der Waals surface area contributed by atoms with Crippen LogP contribution in [0.5, 0.6) is 0 Å². The van der Waals surface area contributed by atoms with Crippen molar-refractivity contribution in [1.82, 2.24) is 25.1 Å². The van der Waals surface area contributed by atoms with Gasteiger partial charge in [-0.25, -0.2) is 0 Å². The Morgan fingerprint density at radius 3 is 2.62 bits per heavy atom. The van der Waals surface area contributed by atoms with Crippen LogP contribution in [0.1, 0.15) is 21.7 Å². The first-order valence-electron chi connectivity index (χ1n) is 9.90. The van der Waals surface area contributed by atoms with Crippen LogP contribution in [0.25, 0.3) is 26.3 Å². The molecule has 0 aliphatic rings. The highest BCUT2D eigenvalue weighted by Crippen LogP contribution is 2.31. The minimum atomic E-state index is -0.253. The van der Waals surface area contributed by atoms with Crippen LogP contribution >= 0.6 is 23.6 Å². The van der Waals surface area contributed by atoms with Crippen molar-refractivity contribution in [3.8, 4) is 10.6 Å². The SMILES string of the molecule is Cc1c(NC(=S)NC(=O)c2cccc3ccccc23)cccc1-c1nn2c(C)nnc2s1. The van der Waals surface area contributed by atoms with E-state index in [9.17, 15) is 4.79 Å². The van der Waals surface area contributed by atoms with Gasteiger partial charge in [-0.15, -0.1) is 10.2 Å². The fourth-order valence-corrected chi connectivity index (χ4v) is 4.74. The number of fused-ring (bicyclic) bond motifs is 2. The molecule has 2 N–H and O–H groups in total. The van der Waals surface area contributed by atoms with Crippen molar-refractivity contribution < 1.29 is 4.79 Å². The van der Waals surface area contributed by atoms with Crippen molar-refractivity contribution >= 4 is 56.0 Å². The Kier molecular flexibility index (Phi) is 5.12. The van der Waals surface area contributed by atoms with Crippen molar-refractivity contribution in [3.63, 3.8) is 0 Å². The van der Waals surface area contributed by atoms with Crippen LogP contribution in [-0.2, 0) is 0 Å². The quantitative estimate of drug-likeness (QED) is 0.380. The first-order valence-corrected chi connectivity index (χ1v) is 11.1. The van der Waals surface area contributed by atoms with Crippen molar-refractivity contribution in [3.05, 3.63) is 77.6 Å². The monoisotopic (exact) mass is 458 g/mol. The van der Waals surface area contributed by atoms with E-state index in [2.05, 4.69) is 25.9 Å². The van der Waals surface area contributed by atoms with Crippen LogP contribution in [0.4, 0.5) is 5.69 Å². The van der Waals surface area contributed by atoms with Crippen molar-refractivity contribution in [2.45, 2.75) is 13.8 Å². The summed E-state index contributed by atoms with van der Waals surface area (Å²) in [4.78, 5) is 13.6. The average Bonchev–Trinajstić information content (AvgIpc) is 3.36. The van der Waals surface area contributed by atoms with Gasteiger partial charge < -0.3 is 5.32 Å². The van der Waals surface area contributed by atoms with E-state index >= 15 is 0 Å². The molecule has 5 rings (SSSR count). The molecule has 158 valence electrons. The second-order valence-corrected chi connectivity index (χ2v) is 8.63. The van der Waals surface area contributed by atoms with Gasteiger partial charge in [0.1, 0.15) is 5.01 Å². The van der Waals surface area contributed by atoms with Crippen LogP contribution in [0.15, 0.2) is 60.7 Å². The highest BCUT2D eigenvalue weighted by molar-refractivity contribution is 7.80. The fourth-order valence-electron chi connectivity index (χ4n) is 3.57. The van der Waals surface area contributed by atoms with Crippen LogP contribution in [0, 0.1) is 13.8 Å². The zero-order valence-corrected chi connectivity index (χ0v) is 18.9. The van der Waals surface area contributed by atoms with E-state index in [1.807, 2.05) is 68.4 Å². The molecule has 0 bridgehead atoms. The Morgan fingerprint density at radius 1 is 1.00 bits per heavy atom. The topological polar surface area (TPSA) is 84.2 Å². The van der Waals surface area contributed by atoms with Gasteiger partial charge in [0.15, 0.2) is 10.9 Å². The van der Waals surface area contributed by atoms with E-state index < -0.39 is 0 Å². The molecule has 9 heteroatoms. The molecule has 3 aromatic carbocycles. The molecule has 0 radical (unpaired) electrons. The third kappa shape index (κ3) is 3.61. The maximum Gasteiger partial charge on any atom is 0.258 e. The van der Waals surface area contributed by atoms with E-state index in [0.717, 1.165) is 43.4 Å². The predicted molar refractivity (Wildman–Crippen MR) is 131 cm³/mol. The number of anilines is 1. The van der Waals surface area contributed by atoms with Crippen LogP contribution in [0.3, 0.4) is 0 Å². The molecular formula is C23H18N6OS2. The molecule has 0 atom stereocenters. The first kappa shape index (κ1) is 20.2. The fraction of sp³-hybridized carbons (Fsp3) is 0.0870. The number of hydrogen-bond acceptors (Lipinski definition) is 6. The number of aryl methyl sites for hydroxylation is 1. The van der Waals surface area contributed by atoms with Gasteiger partial charge in [0.25, 0.3) is 5.91 Å². The Hall–Kier alpha value is -3.69. The molecule has 0 saturated carbocycles. The van der Waals surface area contributed by atoms with E-state index in [4.69, 9.17) is 12.2 Å². The smallest absolute Gasteiger partial charge is 0.258 e. The molecule has 5 aromatic rings. The number of rotatable bonds is 3. The normalized spacial score (nSPS) is 11.1. The molecule has 0 aliphatic carbocycles. The van der Waals surface area contributed by atoms with Crippen LogP contribution in [0.2, 0.25) is 0 Å². The molecular weight excluding hydrogens is 440 g/mol. The molecule has 0 unspecified atom stereocenters. The highest BCUT2D eigenvalue weighted by Gasteiger charge is 2.16. The lowest BCUT2D eigenvalue weighted by Gasteiger charge is -2.14. The molecule has 0 aliphatic heterocycles. The third-order valence-electron chi connectivity index (χ3n) is 5.22. The maximum atomic E-state index is 12.9. The van der Waals surface area contributed by atoms with Gasteiger partial charge >= 0.3 is 0 Å². The summed E-state index contributed by atoms with van der Waals surface area (Å²) >= 11 is 6.90. The van der Waals surface area contributed by atoms with Crippen LogP contribution in [-0.4, -0.2) is 30.8 Å². The Labute approximate surface area is 193 Å². The minimum absolute atomic E-state index is 0.233. The number of nitrogens with zero attached hydrogens (tertiary/aromatic N) is 4. The van der Waals surface area contributed by atoms with Gasteiger partial charge in [-0.05, 0) is 54.5 Å². The number of aromatic nitrogens is 4. The molecule has 0 saturated heterocycles. The summed E-state index contributed by atoms with van der Waals surface area (Å²) in [6.07, 6.45) is 0. The third-order valence-corrected chi connectivity index (χ3v) is 6.36. The Morgan fingerprint density at radius 2 is 1.78 bits per heavy atom. The van der Waals surface area contributed by atoms with Gasteiger partial charge in [0, 0.05) is 16.8 Å². The van der Waals surface area contributed by atoms with Crippen molar-refractivity contribution in [2.24, 2.45) is 0 Å². The summed E-state index contributed by atoms with van der Waals surface area (Å²) in [5, 5.41) is 21.7. The van der Waals surface area contributed by atoms with Crippen molar-refractivity contribution in [1.29, 1.82) is 0 Å². The second-order valence-electron chi connectivity index (χ2n) is 7.26. The molecule has 2 aromatic heterocycles. The number of thiocarbonyl (C=S) groups is 1. The number of nitrogens with one attached hydrogen (secondary N) is 2. The molecule has 7 nitrogen and oxygen atoms in total. The molecule has 2 heterocycles. The molecule has 0 fully saturated rings. The molecule has 1 amide bonds. The Balaban J connectivity index is 1.37. The van der Waals surface area contributed by atoms with Crippen molar-refractivity contribution in [2.75, 3.05) is 5.32 Å². The van der Waals surface area contributed by atoms with Crippen LogP contribution < -0.4 is 10.6 Å². The second kappa shape index (κ2) is 8.10. The Bertz CT molecular complexity index is 1500. The van der Waals surface area contributed by atoms with E-state index in [0.29, 0.717) is 5.56 Å². The van der Waals surface area contributed by atoms with Gasteiger partial charge in [-0.1, -0.05) is 59.9 Å². The number of carbonyl (C=O) groups excluding carboxylic acids is 1. The zero-order chi connectivity index (χ0) is 22.2. The van der Waals surface area contributed by atoms with Gasteiger partial charge in [-0.2, -0.15) is 9.61 Å². The van der Waals surface area contributed by atoms with E-state index in [1.165, 1.54) is 11.3 Å². The van der Waals surface area contributed by atoms with E-state index in [-0.39, 0.29) is 11.0 Å².